The van der Waals surface area contributed by atoms with Crippen LogP contribution in [-0.2, 0) is 6.42 Å². The van der Waals surface area contributed by atoms with Crippen molar-refractivity contribution in [1.82, 2.24) is 5.32 Å². The Hall–Kier alpha value is 0.570. The SMILES string of the molecule is CCNC(Cc1cc(Br)cs1)c1csc(I)c1. The van der Waals surface area contributed by atoms with Gasteiger partial charge in [-0.15, -0.1) is 22.7 Å². The zero-order valence-corrected chi connectivity index (χ0v) is 14.7. The maximum Gasteiger partial charge on any atom is 0.0656 e. The van der Waals surface area contributed by atoms with Gasteiger partial charge in [0.1, 0.15) is 0 Å². The number of hydrogen-bond acceptors (Lipinski definition) is 3. The molecule has 0 aliphatic carbocycles. The van der Waals surface area contributed by atoms with Crippen molar-refractivity contribution < 1.29 is 0 Å². The highest BCUT2D eigenvalue weighted by Crippen LogP contribution is 2.28. The number of nitrogens with one attached hydrogen (secondary N) is 1. The lowest BCUT2D eigenvalue weighted by Crippen LogP contribution is -2.22. The fraction of sp³-hybridized carbons (Fsp3) is 0.333. The molecule has 1 atom stereocenters. The van der Waals surface area contributed by atoms with Crippen molar-refractivity contribution in [1.29, 1.82) is 0 Å². The summed E-state index contributed by atoms with van der Waals surface area (Å²) in [5.74, 6) is 0. The Morgan fingerprint density at radius 3 is 2.71 bits per heavy atom. The highest BCUT2D eigenvalue weighted by molar-refractivity contribution is 14.1. The third kappa shape index (κ3) is 4.02. The van der Waals surface area contributed by atoms with E-state index in [0.29, 0.717) is 6.04 Å². The van der Waals surface area contributed by atoms with Crippen molar-refractivity contribution in [2.75, 3.05) is 6.54 Å². The molecular formula is C12H13BrINS2. The first kappa shape index (κ1) is 14.0. The molecular weight excluding hydrogens is 429 g/mol. The lowest BCUT2D eigenvalue weighted by atomic mass is 10.1. The van der Waals surface area contributed by atoms with Gasteiger partial charge in [-0.25, -0.2) is 0 Å². The molecule has 0 saturated carbocycles. The summed E-state index contributed by atoms with van der Waals surface area (Å²) < 4.78 is 2.54. The van der Waals surface area contributed by atoms with E-state index in [0.717, 1.165) is 13.0 Å². The first-order valence-electron chi connectivity index (χ1n) is 5.39. The molecule has 0 aliphatic heterocycles. The molecule has 0 spiro atoms. The molecule has 1 N–H and O–H groups in total. The molecule has 2 heterocycles. The van der Waals surface area contributed by atoms with E-state index < -0.39 is 0 Å². The lowest BCUT2D eigenvalue weighted by molar-refractivity contribution is 0.554. The standard InChI is InChI=1S/C12H13BrINS2/c1-2-15-11(8-3-12(14)17-6-8)5-10-4-9(13)7-16-10/h3-4,6-7,11,15H,2,5H2,1H3. The van der Waals surface area contributed by atoms with E-state index in [4.69, 9.17) is 0 Å². The second kappa shape index (κ2) is 6.65. The minimum absolute atomic E-state index is 0.435. The molecule has 1 nitrogen and oxygen atoms in total. The molecule has 1 unspecified atom stereocenters. The highest BCUT2D eigenvalue weighted by Gasteiger charge is 2.13. The van der Waals surface area contributed by atoms with Crippen LogP contribution in [0.5, 0.6) is 0 Å². The van der Waals surface area contributed by atoms with Crippen molar-refractivity contribution in [3.05, 3.63) is 40.7 Å². The summed E-state index contributed by atoms with van der Waals surface area (Å²) in [5, 5.41) is 7.97. The number of thiophene rings is 2. The summed E-state index contributed by atoms with van der Waals surface area (Å²) in [6.45, 7) is 3.16. The second-order valence-electron chi connectivity index (χ2n) is 3.73. The average molecular weight is 442 g/mol. The predicted octanol–water partition coefficient (Wildman–Crippen LogP) is 5.07. The van der Waals surface area contributed by atoms with Crippen LogP contribution >= 0.6 is 61.2 Å². The smallest absolute Gasteiger partial charge is 0.0656 e. The van der Waals surface area contributed by atoms with Crippen LogP contribution in [0.4, 0.5) is 0 Å². The average Bonchev–Trinajstić information content (AvgIpc) is 2.87. The van der Waals surface area contributed by atoms with Crippen molar-refractivity contribution in [3.8, 4) is 0 Å². The van der Waals surface area contributed by atoms with Crippen LogP contribution in [0.3, 0.4) is 0 Å². The molecule has 0 aliphatic rings. The number of rotatable bonds is 5. The van der Waals surface area contributed by atoms with Crippen LogP contribution in [0.1, 0.15) is 23.4 Å². The van der Waals surface area contributed by atoms with Gasteiger partial charge < -0.3 is 5.32 Å². The molecule has 0 bridgehead atoms. The summed E-state index contributed by atoms with van der Waals surface area (Å²) in [4.78, 5) is 1.42. The van der Waals surface area contributed by atoms with Crippen molar-refractivity contribution in [2.45, 2.75) is 19.4 Å². The molecule has 2 aromatic rings. The molecule has 5 heteroatoms. The van der Waals surface area contributed by atoms with E-state index in [9.17, 15) is 0 Å². The molecule has 92 valence electrons. The molecule has 17 heavy (non-hydrogen) atoms. The predicted molar refractivity (Wildman–Crippen MR) is 89.2 cm³/mol. The first-order valence-corrected chi connectivity index (χ1v) is 9.02. The number of halogens is 2. The maximum atomic E-state index is 3.56. The largest absolute Gasteiger partial charge is 0.310 e. The Balaban J connectivity index is 2.12. The van der Waals surface area contributed by atoms with Crippen LogP contribution in [0, 0.1) is 2.88 Å². The van der Waals surface area contributed by atoms with E-state index in [1.54, 1.807) is 0 Å². The van der Waals surface area contributed by atoms with Crippen LogP contribution in [-0.4, -0.2) is 6.54 Å². The quantitative estimate of drug-likeness (QED) is 0.638. The zero-order chi connectivity index (χ0) is 12.3. The normalized spacial score (nSPS) is 12.9. The summed E-state index contributed by atoms with van der Waals surface area (Å²) in [6.07, 6.45) is 1.07. The van der Waals surface area contributed by atoms with Crippen molar-refractivity contribution in [2.24, 2.45) is 0 Å². The van der Waals surface area contributed by atoms with Crippen LogP contribution in [0.2, 0.25) is 0 Å². The maximum absolute atomic E-state index is 3.56. The van der Waals surface area contributed by atoms with Gasteiger partial charge in [0.25, 0.3) is 0 Å². The van der Waals surface area contributed by atoms with E-state index >= 15 is 0 Å². The third-order valence-electron chi connectivity index (χ3n) is 2.47. The zero-order valence-electron chi connectivity index (χ0n) is 9.37. The molecule has 2 rings (SSSR count). The molecule has 0 amide bonds. The molecule has 0 aromatic carbocycles. The van der Waals surface area contributed by atoms with E-state index in [1.165, 1.54) is 17.8 Å². The summed E-state index contributed by atoms with van der Waals surface area (Å²) in [5.41, 5.74) is 1.41. The van der Waals surface area contributed by atoms with Crippen molar-refractivity contribution >= 4 is 61.2 Å². The Bertz CT molecular complexity index is 480. The van der Waals surface area contributed by atoms with Crippen LogP contribution < -0.4 is 5.32 Å². The number of hydrogen-bond donors (Lipinski definition) is 1. The lowest BCUT2D eigenvalue weighted by Gasteiger charge is -2.15. The minimum Gasteiger partial charge on any atom is -0.310 e. The van der Waals surface area contributed by atoms with Gasteiger partial charge in [0.15, 0.2) is 0 Å². The highest BCUT2D eigenvalue weighted by atomic mass is 127. The molecule has 0 fully saturated rings. The monoisotopic (exact) mass is 441 g/mol. The summed E-state index contributed by atoms with van der Waals surface area (Å²) >= 11 is 9.53. The Kier molecular flexibility index (Phi) is 5.48. The van der Waals surface area contributed by atoms with Gasteiger partial charge in [0.05, 0.1) is 2.88 Å². The fourth-order valence-electron chi connectivity index (χ4n) is 1.72. The van der Waals surface area contributed by atoms with Crippen LogP contribution in [0.15, 0.2) is 27.4 Å². The van der Waals surface area contributed by atoms with Crippen molar-refractivity contribution in [3.63, 3.8) is 0 Å². The van der Waals surface area contributed by atoms with Gasteiger partial charge in [0.2, 0.25) is 0 Å². The van der Waals surface area contributed by atoms with E-state index in [1.807, 2.05) is 22.7 Å². The Morgan fingerprint density at radius 1 is 1.35 bits per heavy atom. The topological polar surface area (TPSA) is 12.0 Å². The van der Waals surface area contributed by atoms with Gasteiger partial charge in [0, 0.05) is 27.2 Å². The van der Waals surface area contributed by atoms with Gasteiger partial charge in [-0.2, -0.15) is 0 Å². The minimum atomic E-state index is 0.435. The van der Waals surface area contributed by atoms with Gasteiger partial charge in [-0.05, 0) is 68.1 Å². The Morgan fingerprint density at radius 2 is 2.18 bits per heavy atom. The fourth-order valence-corrected chi connectivity index (χ4v) is 4.65. The van der Waals surface area contributed by atoms with E-state index in [-0.39, 0.29) is 0 Å². The van der Waals surface area contributed by atoms with Gasteiger partial charge in [-0.3, -0.25) is 0 Å². The van der Waals surface area contributed by atoms with Gasteiger partial charge >= 0.3 is 0 Å². The molecule has 0 saturated heterocycles. The van der Waals surface area contributed by atoms with Gasteiger partial charge in [-0.1, -0.05) is 6.92 Å². The van der Waals surface area contributed by atoms with Crippen LogP contribution in [0.25, 0.3) is 0 Å². The molecule has 2 aromatic heterocycles. The van der Waals surface area contributed by atoms with E-state index in [2.05, 4.69) is 73.7 Å². The Labute approximate surface area is 132 Å². The number of likely N-dealkylation sites (N-methyl/N-ethyl adjacent to an activating group) is 1. The summed E-state index contributed by atoms with van der Waals surface area (Å²) in [6, 6.07) is 4.93. The summed E-state index contributed by atoms with van der Waals surface area (Å²) in [7, 11) is 0. The first-order chi connectivity index (χ1) is 8.19. The third-order valence-corrected chi connectivity index (χ3v) is 5.99. The molecule has 0 radical (unpaired) electrons. The second-order valence-corrected chi connectivity index (χ2v) is 8.45.